The molecule has 9 nitrogen and oxygen atoms in total. The quantitative estimate of drug-likeness (QED) is 0.131. The molecule has 6 N–H and O–H groups in total. The van der Waals surface area contributed by atoms with E-state index in [-0.39, 0.29) is 38.8 Å². The van der Waals surface area contributed by atoms with Crippen molar-refractivity contribution >= 4 is 16.4 Å². The first kappa shape index (κ1) is 19.1. The number of ether oxygens (including phenoxy) is 1. The Balaban J connectivity index is 3.40. The van der Waals surface area contributed by atoms with E-state index in [1.165, 1.54) is 0 Å². The molecule has 0 heterocycles. The van der Waals surface area contributed by atoms with Gasteiger partial charge in [0.25, 0.3) is 0 Å². The van der Waals surface area contributed by atoms with E-state index in [9.17, 15) is 14.6 Å². The molecule has 0 aliphatic carbocycles. The molecular weight excluding hydrogens is 297 g/mol. The first-order valence-corrected chi connectivity index (χ1v) is 9.58. The lowest BCUT2D eigenvalue weighted by Gasteiger charge is -2.17. The number of hydrogen-bond donors (Lipinski definition) is 6. The molecule has 0 rings (SSSR count). The first-order chi connectivity index (χ1) is 8.60. The molecule has 116 valence electrons. The van der Waals surface area contributed by atoms with Crippen LogP contribution in [0.3, 0.4) is 0 Å². The van der Waals surface area contributed by atoms with Crippen LogP contribution in [0, 0.1) is 0 Å². The number of nitrogens with one attached hydrogen (secondary N) is 1. The average Bonchev–Trinajstić information content (AvgIpc) is 2.21. The van der Waals surface area contributed by atoms with Gasteiger partial charge in [0.05, 0.1) is 12.7 Å². The van der Waals surface area contributed by atoms with E-state index in [0.717, 1.165) is 0 Å². The number of aliphatic hydroxyl groups is 1. The van der Waals surface area contributed by atoms with Crippen molar-refractivity contribution in [3.8, 4) is 0 Å². The lowest BCUT2D eigenvalue weighted by molar-refractivity contribution is -0.193. The van der Waals surface area contributed by atoms with Gasteiger partial charge in [0.2, 0.25) is 0 Å². The molecule has 0 fully saturated rings. The van der Waals surface area contributed by atoms with Crippen molar-refractivity contribution in [3.05, 3.63) is 0 Å². The Hall–Kier alpha value is 0.127. The van der Waals surface area contributed by atoms with Crippen molar-refractivity contribution in [2.75, 3.05) is 32.5 Å². The van der Waals surface area contributed by atoms with Crippen molar-refractivity contribution in [2.45, 2.75) is 18.6 Å². The predicted molar refractivity (Wildman–Crippen MR) is 66.2 cm³/mol. The summed E-state index contributed by atoms with van der Waals surface area (Å²) in [5, 5.41) is 12.0. The normalized spacial score (nSPS) is 17.2. The van der Waals surface area contributed by atoms with Crippen LogP contribution in [0.4, 0.5) is 0 Å². The summed E-state index contributed by atoms with van der Waals surface area (Å²) in [4.78, 5) is 45.0. The Morgan fingerprint density at radius 2 is 2.00 bits per heavy atom. The van der Waals surface area contributed by atoms with Crippen molar-refractivity contribution in [3.63, 3.8) is 0 Å². The average molecular weight is 318 g/mol. The maximum Gasteiger partial charge on any atom is 0.492 e. The van der Waals surface area contributed by atoms with Crippen LogP contribution in [0.2, 0.25) is 6.04 Å². The third-order valence-electron chi connectivity index (χ3n) is 2.06. The summed E-state index contributed by atoms with van der Waals surface area (Å²) in [6.07, 6.45) is -0.986. The maximum absolute atomic E-state index is 10.4. The van der Waals surface area contributed by atoms with E-state index in [1.54, 1.807) is 0 Å². The summed E-state index contributed by atoms with van der Waals surface area (Å²) in [7, 11) is -8.28. The fourth-order valence-electron chi connectivity index (χ4n) is 1.18. The fourth-order valence-corrected chi connectivity index (χ4v) is 2.24. The Morgan fingerprint density at radius 1 is 1.37 bits per heavy atom. The molecule has 0 saturated carbocycles. The van der Waals surface area contributed by atoms with Gasteiger partial charge in [0.15, 0.2) is 0 Å². The molecule has 0 amide bonds. The van der Waals surface area contributed by atoms with Crippen molar-refractivity contribution in [1.82, 2.24) is 5.32 Å². The Morgan fingerprint density at radius 3 is 2.53 bits per heavy atom. The van der Waals surface area contributed by atoms with Crippen molar-refractivity contribution in [1.29, 1.82) is 0 Å². The minimum absolute atomic E-state index is 0.00198. The predicted octanol–water partition coefficient (Wildman–Crippen LogP) is -3.19. The highest BCUT2D eigenvalue weighted by atomic mass is 31.2. The van der Waals surface area contributed by atoms with Gasteiger partial charge in [-0.3, -0.25) is 0 Å². The number of aliphatic hydroxyl groups excluding tert-OH is 1. The zero-order valence-corrected chi connectivity index (χ0v) is 12.3. The number of hydrogen-bond acceptors (Lipinski definition) is 8. The highest BCUT2D eigenvalue weighted by molar-refractivity contribution is 7.50. The first-order valence-electron chi connectivity index (χ1n) is 5.76. The van der Waals surface area contributed by atoms with E-state index < -0.39 is 28.7 Å². The van der Waals surface area contributed by atoms with Gasteiger partial charge in [-0.2, -0.15) is 0 Å². The SMILES string of the molecule is O=P([O-])(O)CCNCC(O)COCCC[Si](O)(O)O. The standard InChI is InChI=1S/C8H22NO8PSi/c10-8(6-9-2-4-18(11,12)13)7-17-3-1-5-19(14,15)16/h8-10,14-16H,1-7H2,(H2,11,12,13)/p-1. The molecule has 0 spiro atoms. The molecule has 0 aliphatic heterocycles. The van der Waals surface area contributed by atoms with Crippen LogP contribution in [0.15, 0.2) is 0 Å². The van der Waals surface area contributed by atoms with Crippen molar-refractivity contribution in [2.24, 2.45) is 0 Å². The summed E-state index contributed by atoms with van der Waals surface area (Å²) in [6.45, 7) is 0.304. The molecule has 0 radical (unpaired) electrons. The molecule has 11 heteroatoms. The van der Waals surface area contributed by atoms with E-state index in [2.05, 4.69) is 5.32 Å². The molecule has 0 aromatic carbocycles. The van der Waals surface area contributed by atoms with Crippen LogP contribution in [-0.2, 0) is 9.30 Å². The lowest BCUT2D eigenvalue weighted by Crippen LogP contribution is -2.35. The third-order valence-corrected chi connectivity index (χ3v) is 3.88. The van der Waals surface area contributed by atoms with Crippen LogP contribution in [0.1, 0.15) is 6.42 Å². The Bertz CT molecular complexity index is 280. The van der Waals surface area contributed by atoms with Gasteiger partial charge in [0, 0.05) is 31.9 Å². The van der Waals surface area contributed by atoms with Crippen LogP contribution in [0.25, 0.3) is 0 Å². The van der Waals surface area contributed by atoms with Gasteiger partial charge < -0.3 is 43.9 Å². The van der Waals surface area contributed by atoms with Crippen LogP contribution in [0.5, 0.6) is 0 Å². The van der Waals surface area contributed by atoms with Gasteiger partial charge in [-0.25, -0.2) is 0 Å². The molecule has 2 atom stereocenters. The van der Waals surface area contributed by atoms with Gasteiger partial charge in [-0.1, -0.05) is 0 Å². The van der Waals surface area contributed by atoms with Gasteiger partial charge in [0.1, 0.15) is 7.60 Å². The highest BCUT2D eigenvalue weighted by Crippen LogP contribution is 2.26. The molecule has 0 bridgehead atoms. The molecule has 2 unspecified atom stereocenters. The molecule has 0 aromatic heterocycles. The Labute approximate surface area is 112 Å². The minimum atomic E-state index is -4.26. The summed E-state index contributed by atoms with van der Waals surface area (Å²) in [5.41, 5.74) is 0. The fraction of sp³-hybridized carbons (Fsp3) is 1.00. The van der Waals surface area contributed by atoms with Gasteiger partial charge in [-0.05, 0) is 6.42 Å². The molecule has 19 heavy (non-hydrogen) atoms. The smallest absolute Gasteiger partial charge is 0.492 e. The highest BCUT2D eigenvalue weighted by Gasteiger charge is 2.25. The minimum Gasteiger partial charge on any atom is -0.779 e. The van der Waals surface area contributed by atoms with E-state index in [0.29, 0.717) is 0 Å². The molecule has 0 saturated heterocycles. The molecule has 0 aliphatic rings. The monoisotopic (exact) mass is 318 g/mol. The third kappa shape index (κ3) is 16.1. The van der Waals surface area contributed by atoms with E-state index in [4.69, 9.17) is 24.0 Å². The topological polar surface area (TPSA) is 163 Å². The summed E-state index contributed by atoms with van der Waals surface area (Å²) >= 11 is 0. The lowest BCUT2D eigenvalue weighted by atomic mass is 10.4. The van der Waals surface area contributed by atoms with Gasteiger partial charge in [-0.15, -0.1) is 0 Å². The second kappa shape index (κ2) is 9.13. The molecular formula is C8H21NO8PSi-. The van der Waals surface area contributed by atoms with E-state index >= 15 is 0 Å². The Kier molecular flexibility index (Phi) is 9.20. The largest absolute Gasteiger partial charge is 0.779 e. The van der Waals surface area contributed by atoms with Crippen molar-refractivity contribution < 1.29 is 38.6 Å². The van der Waals surface area contributed by atoms with Gasteiger partial charge >= 0.3 is 8.80 Å². The maximum atomic E-state index is 10.4. The van der Waals surface area contributed by atoms with Crippen LogP contribution >= 0.6 is 7.60 Å². The number of rotatable bonds is 11. The second-order valence-electron chi connectivity index (χ2n) is 4.17. The van der Waals surface area contributed by atoms with Crippen LogP contribution in [-0.4, -0.2) is 71.8 Å². The zero-order valence-electron chi connectivity index (χ0n) is 10.4. The molecule has 0 aromatic rings. The van der Waals surface area contributed by atoms with Crippen LogP contribution < -0.4 is 10.2 Å². The zero-order chi connectivity index (χ0) is 14.9. The summed E-state index contributed by atoms with van der Waals surface area (Å²) in [6, 6.07) is -0.128. The summed E-state index contributed by atoms with van der Waals surface area (Å²) < 4.78 is 15.4. The second-order valence-corrected chi connectivity index (χ2v) is 7.94. The van der Waals surface area contributed by atoms with E-state index in [1.807, 2.05) is 0 Å². The summed E-state index contributed by atoms with van der Waals surface area (Å²) in [5.74, 6) is 0.